The quantitative estimate of drug-likeness (QED) is 0.175. The predicted molar refractivity (Wildman–Crippen MR) is 248 cm³/mol. The lowest BCUT2D eigenvalue weighted by Gasteiger charge is -2.27. The highest BCUT2D eigenvalue weighted by atomic mass is 16.3. The van der Waals surface area contributed by atoms with Crippen molar-refractivity contribution in [3.8, 4) is 78.6 Å². The van der Waals surface area contributed by atoms with E-state index in [0.717, 1.165) is 83.6 Å². The molecule has 9 rings (SSSR count). The molecule has 7 aromatic carbocycles. The minimum absolute atomic E-state index is 0.179. The van der Waals surface area contributed by atoms with Crippen molar-refractivity contribution in [3.05, 3.63) is 187 Å². The summed E-state index contributed by atoms with van der Waals surface area (Å²) in [5.41, 5.74) is 15.1. The van der Waals surface area contributed by atoms with Gasteiger partial charge < -0.3 is 5.11 Å². The van der Waals surface area contributed by atoms with Crippen LogP contribution in [0.2, 0.25) is 0 Å². The SMILES string of the molecule is CC(C)(C)c1cc(-c2nc3c(-c4cc(-c5ccccc5)cc(-c5cc(-c6ccccc6)cnn5)c4)cccc3n2-c2ccccc2-c2ccccc2)c(O)c(C(C)(C)C)c1. The number of fused-ring (bicyclic) bond motifs is 1. The molecule has 0 saturated carbocycles. The Balaban J connectivity index is 1.35. The van der Waals surface area contributed by atoms with Crippen LogP contribution in [0.3, 0.4) is 0 Å². The van der Waals surface area contributed by atoms with Crippen LogP contribution < -0.4 is 0 Å². The Kier molecular flexibility index (Phi) is 9.76. The molecule has 0 radical (unpaired) electrons. The number of aromatic hydroxyl groups is 1. The van der Waals surface area contributed by atoms with Crippen LogP contribution in [0.1, 0.15) is 52.7 Å². The number of benzene rings is 7. The van der Waals surface area contributed by atoms with Gasteiger partial charge in [-0.15, -0.1) is 0 Å². The van der Waals surface area contributed by atoms with E-state index in [1.54, 1.807) is 0 Å². The second-order valence-electron chi connectivity index (χ2n) is 17.6. The first-order valence-corrected chi connectivity index (χ1v) is 20.6. The molecule has 9 aromatic rings. The van der Waals surface area contributed by atoms with Gasteiger partial charge in [0.05, 0.1) is 34.2 Å². The minimum atomic E-state index is -0.320. The molecule has 0 bridgehead atoms. The normalized spacial score (nSPS) is 11.9. The van der Waals surface area contributed by atoms with Crippen LogP contribution in [-0.4, -0.2) is 24.9 Å². The highest BCUT2D eigenvalue weighted by molar-refractivity contribution is 5.98. The van der Waals surface area contributed by atoms with Crippen LogP contribution in [0.15, 0.2) is 176 Å². The van der Waals surface area contributed by atoms with Gasteiger partial charge in [-0.1, -0.05) is 169 Å². The average Bonchev–Trinajstić information content (AvgIpc) is 3.66. The third-order valence-corrected chi connectivity index (χ3v) is 11.3. The summed E-state index contributed by atoms with van der Waals surface area (Å²) in [4.78, 5) is 5.61. The molecule has 0 aliphatic heterocycles. The van der Waals surface area contributed by atoms with Crippen LogP contribution in [-0.2, 0) is 10.8 Å². The molecule has 0 aliphatic rings. The van der Waals surface area contributed by atoms with Gasteiger partial charge in [-0.05, 0) is 86.7 Å². The molecular formula is C55H48N4O. The standard InChI is InChI=1S/C55H48N4O/c1-54(2,3)43-33-46(52(60)47(34-43)55(4,5)6)53-57-51-45(26-18-28-50(51)59(53)49-27-17-16-25-44(49)38-23-14-9-15-24-38)40-29-39(36-19-10-7-11-20-36)30-41(31-40)48-32-42(35-56-58-48)37-21-12-8-13-22-37/h7-35,60H,1-6H3. The van der Waals surface area contributed by atoms with Gasteiger partial charge >= 0.3 is 0 Å². The van der Waals surface area contributed by atoms with Crippen LogP contribution in [0.25, 0.3) is 83.9 Å². The van der Waals surface area contributed by atoms with Crippen molar-refractivity contribution < 1.29 is 5.11 Å². The van der Waals surface area contributed by atoms with Gasteiger partial charge in [-0.2, -0.15) is 10.2 Å². The van der Waals surface area contributed by atoms with E-state index in [1.165, 1.54) is 0 Å². The topological polar surface area (TPSA) is 63.8 Å². The fourth-order valence-corrected chi connectivity index (χ4v) is 8.12. The Labute approximate surface area is 352 Å². The van der Waals surface area contributed by atoms with Gasteiger partial charge in [-0.3, -0.25) is 4.57 Å². The zero-order chi connectivity index (χ0) is 41.6. The molecule has 294 valence electrons. The number of phenols is 1. The molecular weight excluding hydrogens is 733 g/mol. The monoisotopic (exact) mass is 780 g/mol. The summed E-state index contributed by atoms with van der Waals surface area (Å²) < 4.78 is 2.24. The largest absolute Gasteiger partial charge is 0.507 e. The van der Waals surface area contributed by atoms with Crippen molar-refractivity contribution in [1.82, 2.24) is 19.7 Å². The number of para-hydroxylation sites is 2. The Hall–Kier alpha value is -7.11. The first-order chi connectivity index (χ1) is 28.9. The number of hydrogen-bond donors (Lipinski definition) is 1. The van der Waals surface area contributed by atoms with Crippen LogP contribution in [0.4, 0.5) is 0 Å². The summed E-state index contributed by atoms with van der Waals surface area (Å²) in [7, 11) is 0. The number of rotatable bonds is 7. The average molecular weight is 781 g/mol. The molecule has 1 N–H and O–H groups in total. The summed E-state index contributed by atoms with van der Waals surface area (Å²) in [5.74, 6) is 0.923. The summed E-state index contributed by atoms with van der Waals surface area (Å²) in [6, 6.07) is 59.2. The molecule has 0 unspecified atom stereocenters. The second-order valence-corrected chi connectivity index (χ2v) is 17.6. The molecule has 0 fully saturated rings. The van der Waals surface area contributed by atoms with Gasteiger partial charge in [0, 0.05) is 27.8 Å². The van der Waals surface area contributed by atoms with E-state index < -0.39 is 0 Å². The summed E-state index contributed by atoms with van der Waals surface area (Å²) in [5, 5.41) is 21.5. The molecule has 2 aromatic heterocycles. The highest BCUT2D eigenvalue weighted by Gasteiger charge is 2.29. The third kappa shape index (κ3) is 7.28. The maximum Gasteiger partial charge on any atom is 0.149 e. The van der Waals surface area contributed by atoms with Crippen LogP contribution >= 0.6 is 0 Å². The van der Waals surface area contributed by atoms with Crippen LogP contribution in [0.5, 0.6) is 5.75 Å². The Bertz CT molecular complexity index is 2990. The van der Waals surface area contributed by atoms with E-state index in [4.69, 9.17) is 4.98 Å². The molecule has 0 amide bonds. The lowest BCUT2D eigenvalue weighted by atomic mass is 9.79. The Morgan fingerprint density at radius 1 is 0.467 bits per heavy atom. The predicted octanol–water partition coefficient (Wildman–Crippen LogP) is 14.1. The number of phenolic OH excluding ortho intramolecular Hbond substituents is 1. The van der Waals surface area contributed by atoms with Crippen molar-refractivity contribution in [1.29, 1.82) is 0 Å². The van der Waals surface area contributed by atoms with Gasteiger partial charge in [-0.25, -0.2) is 4.98 Å². The van der Waals surface area contributed by atoms with Crippen molar-refractivity contribution in [2.24, 2.45) is 0 Å². The molecule has 5 nitrogen and oxygen atoms in total. The fraction of sp³-hybridized carbons (Fsp3) is 0.145. The maximum absolute atomic E-state index is 12.4. The Morgan fingerprint density at radius 2 is 1.05 bits per heavy atom. The number of aromatic nitrogens is 4. The summed E-state index contributed by atoms with van der Waals surface area (Å²) in [6.07, 6.45) is 1.82. The van der Waals surface area contributed by atoms with Gasteiger partial charge in [0.1, 0.15) is 11.6 Å². The van der Waals surface area contributed by atoms with Crippen molar-refractivity contribution in [3.63, 3.8) is 0 Å². The number of imidazole rings is 1. The van der Waals surface area contributed by atoms with Gasteiger partial charge in [0.2, 0.25) is 0 Å². The minimum Gasteiger partial charge on any atom is -0.507 e. The van der Waals surface area contributed by atoms with E-state index in [9.17, 15) is 5.11 Å². The van der Waals surface area contributed by atoms with E-state index in [-0.39, 0.29) is 16.6 Å². The summed E-state index contributed by atoms with van der Waals surface area (Å²) >= 11 is 0. The highest BCUT2D eigenvalue weighted by Crippen LogP contribution is 2.45. The number of hydrogen-bond acceptors (Lipinski definition) is 4. The zero-order valence-corrected chi connectivity index (χ0v) is 35.0. The lowest BCUT2D eigenvalue weighted by molar-refractivity contribution is 0.446. The molecule has 0 spiro atoms. The molecule has 0 atom stereocenters. The zero-order valence-electron chi connectivity index (χ0n) is 35.0. The lowest BCUT2D eigenvalue weighted by Crippen LogP contribution is -2.17. The maximum atomic E-state index is 12.4. The smallest absolute Gasteiger partial charge is 0.149 e. The van der Waals surface area contributed by atoms with Crippen molar-refractivity contribution in [2.75, 3.05) is 0 Å². The molecule has 0 saturated heterocycles. The van der Waals surface area contributed by atoms with E-state index in [2.05, 4.69) is 196 Å². The molecule has 5 heteroatoms. The number of nitrogens with zero attached hydrogens (tertiary/aromatic N) is 4. The van der Waals surface area contributed by atoms with E-state index in [1.807, 2.05) is 36.5 Å². The fourth-order valence-electron chi connectivity index (χ4n) is 8.12. The summed E-state index contributed by atoms with van der Waals surface area (Å²) in [6.45, 7) is 13.1. The first-order valence-electron chi connectivity index (χ1n) is 20.6. The van der Waals surface area contributed by atoms with Gasteiger partial charge in [0.25, 0.3) is 0 Å². The van der Waals surface area contributed by atoms with Crippen molar-refractivity contribution in [2.45, 2.75) is 52.4 Å². The molecule has 60 heavy (non-hydrogen) atoms. The van der Waals surface area contributed by atoms with E-state index >= 15 is 0 Å². The van der Waals surface area contributed by atoms with Gasteiger partial charge in [0.15, 0.2) is 0 Å². The molecule has 2 heterocycles. The van der Waals surface area contributed by atoms with Crippen molar-refractivity contribution >= 4 is 11.0 Å². The second kappa shape index (κ2) is 15.2. The Morgan fingerprint density at radius 3 is 1.72 bits per heavy atom. The third-order valence-electron chi connectivity index (χ3n) is 11.3. The van der Waals surface area contributed by atoms with E-state index in [0.29, 0.717) is 11.4 Å². The molecule has 0 aliphatic carbocycles. The van der Waals surface area contributed by atoms with Crippen LogP contribution in [0, 0.1) is 0 Å². The first kappa shape index (κ1) is 38.4.